The van der Waals surface area contributed by atoms with E-state index in [1.54, 1.807) is 0 Å². The fourth-order valence-electron chi connectivity index (χ4n) is 1.76. The molecule has 0 aliphatic rings. The molecular formula is C11H27N3O2S. The minimum atomic E-state index is -3.36. The monoisotopic (exact) mass is 265 g/mol. The van der Waals surface area contributed by atoms with Crippen molar-refractivity contribution in [3.8, 4) is 0 Å². The van der Waals surface area contributed by atoms with Gasteiger partial charge in [-0.2, -0.15) is 12.7 Å². The van der Waals surface area contributed by atoms with Crippen molar-refractivity contribution in [2.45, 2.75) is 40.5 Å². The van der Waals surface area contributed by atoms with Gasteiger partial charge in [-0.05, 0) is 24.8 Å². The zero-order chi connectivity index (χ0) is 13.5. The summed E-state index contributed by atoms with van der Waals surface area (Å²) in [5, 5.41) is 0. The van der Waals surface area contributed by atoms with E-state index in [1.165, 1.54) is 4.31 Å². The third kappa shape index (κ3) is 4.54. The third-order valence-corrected chi connectivity index (χ3v) is 5.31. The Kier molecular flexibility index (Phi) is 7.23. The summed E-state index contributed by atoms with van der Waals surface area (Å²) in [5.41, 5.74) is 5.63. The molecule has 0 bridgehead atoms. The molecule has 0 radical (unpaired) electrons. The highest BCUT2D eigenvalue weighted by Crippen LogP contribution is 2.23. The average Bonchev–Trinajstić information content (AvgIpc) is 2.33. The van der Waals surface area contributed by atoms with Gasteiger partial charge < -0.3 is 5.73 Å². The Hall–Kier alpha value is -0.170. The lowest BCUT2D eigenvalue weighted by Gasteiger charge is -2.31. The van der Waals surface area contributed by atoms with Crippen molar-refractivity contribution < 1.29 is 8.42 Å². The molecule has 0 unspecified atom stereocenters. The summed E-state index contributed by atoms with van der Waals surface area (Å²) in [6, 6.07) is 0. The van der Waals surface area contributed by atoms with Crippen LogP contribution in [0.1, 0.15) is 40.5 Å². The Bertz CT molecular complexity index is 288. The van der Waals surface area contributed by atoms with E-state index in [0.29, 0.717) is 26.2 Å². The standard InChI is InChI=1S/C11H27N3O2S/c1-5-11(6-2,9-12)10-13-17(15,16)14(7-3)8-4/h13H,5-10,12H2,1-4H3. The van der Waals surface area contributed by atoms with Crippen LogP contribution in [0.2, 0.25) is 0 Å². The maximum absolute atomic E-state index is 12.0. The summed E-state index contributed by atoms with van der Waals surface area (Å²) in [6.07, 6.45) is 1.75. The van der Waals surface area contributed by atoms with Gasteiger partial charge in [-0.15, -0.1) is 0 Å². The number of nitrogens with two attached hydrogens (primary N) is 1. The molecule has 0 heterocycles. The maximum atomic E-state index is 12.0. The zero-order valence-electron chi connectivity index (χ0n) is 11.5. The fraction of sp³-hybridized carbons (Fsp3) is 1.00. The first-order valence-electron chi connectivity index (χ1n) is 6.36. The molecule has 0 aliphatic heterocycles. The van der Waals surface area contributed by atoms with E-state index in [9.17, 15) is 8.42 Å². The minimum Gasteiger partial charge on any atom is -0.330 e. The number of nitrogens with one attached hydrogen (secondary N) is 1. The summed E-state index contributed by atoms with van der Waals surface area (Å²) >= 11 is 0. The predicted molar refractivity (Wildman–Crippen MR) is 71.9 cm³/mol. The lowest BCUT2D eigenvalue weighted by Crippen LogP contribution is -2.47. The van der Waals surface area contributed by atoms with Gasteiger partial charge in [0.1, 0.15) is 0 Å². The average molecular weight is 265 g/mol. The van der Waals surface area contributed by atoms with Crippen LogP contribution in [0.3, 0.4) is 0 Å². The van der Waals surface area contributed by atoms with Gasteiger partial charge in [-0.25, -0.2) is 4.72 Å². The molecule has 0 saturated heterocycles. The maximum Gasteiger partial charge on any atom is 0.279 e. The highest BCUT2D eigenvalue weighted by molar-refractivity contribution is 7.87. The summed E-state index contributed by atoms with van der Waals surface area (Å²) in [7, 11) is -3.36. The Balaban J connectivity index is 4.64. The van der Waals surface area contributed by atoms with Crippen molar-refractivity contribution in [2.75, 3.05) is 26.2 Å². The SMILES string of the molecule is CCN(CC)S(=O)(=O)NCC(CC)(CC)CN. The predicted octanol–water partition coefficient (Wildman–Crippen LogP) is 0.928. The van der Waals surface area contributed by atoms with Crippen LogP contribution >= 0.6 is 0 Å². The van der Waals surface area contributed by atoms with Crippen molar-refractivity contribution >= 4 is 10.2 Å². The van der Waals surface area contributed by atoms with Crippen molar-refractivity contribution in [2.24, 2.45) is 11.1 Å². The van der Waals surface area contributed by atoms with E-state index in [2.05, 4.69) is 4.72 Å². The number of hydrogen-bond acceptors (Lipinski definition) is 3. The lowest BCUT2D eigenvalue weighted by atomic mass is 9.83. The van der Waals surface area contributed by atoms with Crippen LogP contribution in [-0.2, 0) is 10.2 Å². The van der Waals surface area contributed by atoms with Crippen molar-refractivity contribution in [3.05, 3.63) is 0 Å². The van der Waals surface area contributed by atoms with E-state index >= 15 is 0 Å². The number of hydrogen-bond donors (Lipinski definition) is 2. The van der Waals surface area contributed by atoms with Crippen molar-refractivity contribution in [3.63, 3.8) is 0 Å². The number of nitrogens with zero attached hydrogens (tertiary/aromatic N) is 1. The van der Waals surface area contributed by atoms with Crippen LogP contribution in [0.25, 0.3) is 0 Å². The van der Waals surface area contributed by atoms with Crippen LogP contribution in [0.5, 0.6) is 0 Å². The van der Waals surface area contributed by atoms with Gasteiger partial charge in [0.25, 0.3) is 10.2 Å². The minimum absolute atomic E-state index is 0.125. The molecule has 0 saturated carbocycles. The smallest absolute Gasteiger partial charge is 0.279 e. The Morgan fingerprint density at radius 2 is 1.59 bits per heavy atom. The van der Waals surface area contributed by atoms with Crippen LogP contribution in [0, 0.1) is 5.41 Å². The van der Waals surface area contributed by atoms with Gasteiger partial charge in [-0.1, -0.05) is 27.7 Å². The second-order valence-corrected chi connectivity index (χ2v) is 6.08. The Morgan fingerprint density at radius 1 is 1.12 bits per heavy atom. The molecule has 104 valence electrons. The van der Waals surface area contributed by atoms with E-state index in [1.807, 2.05) is 27.7 Å². The summed E-state index contributed by atoms with van der Waals surface area (Å²) in [6.45, 7) is 9.64. The summed E-state index contributed by atoms with van der Waals surface area (Å²) in [4.78, 5) is 0. The fourth-order valence-corrected chi connectivity index (χ4v) is 3.11. The molecule has 0 spiro atoms. The lowest BCUT2D eigenvalue weighted by molar-refractivity contribution is 0.272. The first kappa shape index (κ1) is 16.8. The quantitative estimate of drug-likeness (QED) is 0.651. The molecule has 0 atom stereocenters. The van der Waals surface area contributed by atoms with Gasteiger partial charge in [0.05, 0.1) is 0 Å². The molecule has 17 heavy (non-hydrogen) atoms. The molecule has 0 aromatic carbocycles. The Labute approximate surface area is 106 Å². The Morgan fingerprint density at radius 3 is 1.88 bits per heavy atom. The molecule has 5 nitrogen and oxygen atoms in total. The molecule has 0 aromatic heterocycles. The second-order valence-electron chi connectivity index (χ2n) is 4.32. The van der Waals surface area contributed by atoms with Crippen LogP contribution in [0.4, 0.5) is 0 Å². The van der Waals surface area contributed by atoms with Crippen molar-refractivity contribution in [1.82, 2.24) is 9.03 Å². The van der Waals surface area contributed by atoms with Crippen LogP contribution in [-0.4, -0.2) is 38.9 Å². The first-order chi connectivity index (χ1) is 7.91. The molecule has 3 N–H and O–H groups in total. The van der Waals surface area contributed by atoms with Gasteiger partial charge in [0, 0.05) is 19.6 Å². The zero-order valence-corrected chi connectivity index (χ0v) is 12.3. The molecule has 0 rings (SSSR count). The molecule has 0 aromatic rings. The van der Waals surface area contributed by atoms with E-state index in [-0.39, 0.29) is 5.41 Å². The van der Waals surface area contributed by atoms with Crippen LogP contribution < -0.4 is 10.5 Å². The second kappa shape index (κ2) is 7.31. The normalized spacial score (nSPS) is 13.3. The highest BCUT2D eigenvalue weighted by Gasteiger charge is 2.28. The molecule has 0 aliphatic carbocycles. The van der Waals surface area contributed by atoms with Crippen molar-refractivity contribution in [1.29, 1.82) is 0 Å². The van der Waals surface area contributed by atoms with E-state index in [4.69, 9.17) is 5.73 Å². The van der Waals surface area contributed by atoms with E-state index in [0.717, 1.165) is 12.8 Å². The molecular weight excluding hydrogens is 238 g/mol. The van der Waals surface area contributed by atoms with E-state index < -0.39 is 10.2 Å². The van der Waals surface area contributed by atoms with Gasteiger partial charge in [0.2, 0.25) is 0 Å². The van der Waals surface area contributed by atoms with Gasteiger partial charge in [-0.3, -0.25) is 0 Å². The first-order valence-corrected chi connectivity index (χ1v) is 7.80. The van der Waals surface area contributed by atoms with Crippen LogP contribution in [0.15, 0.2) is 0 Å². The number of rotatable bonds is 9. The summed E-state index contributed by atoms with van der Waals surface area (Å²) < 4.78 is 28.0. The summed E-state index contributed by atoms with van der Waals surface area (Å²) in [5.74, 6) is 0. The third-order valence-electron chi connectivity index (χ3n) is 3.61. The molecule has 6 heteroatoms. The topological polar surface area (TPSA) is 75.4 Å². The molecule has 0 amide bonds. The largest absolute Gasteiger partial charge is 0.330 e. The highest BCUT2D eigenvalue weighted by atomic mass is 32.2. The van der Waals surface area contributed by atoms with Gasteiger partial charge >= 0.3 is 0 Å². The van der Waals surface area contributed by atoms with Gasteiger partial charge in [0.15, 0.2) is 0 Å². The molecule has 0 fully saturated rings.